The van der Waals surface area contributed by atoms with E-state index >= 15 is 0 Å². The summed E-state index contributed by atoms with van der Waals surface area (Å²) in [6.45, 7) is 5.90. The number of sulfonamides is 1. The zero-order valence-corrected chi connectivity index (χ0v) is 18.4. The minimum atomic E-state index is -3.65. The number of halogens is 2. The first kappa shape index (κ1) is 22.2. The molecular formula is C20H22ClFN4O3S. The van der Waals surface area contributed by atoms with E-state index in [1.807, 2.05) is 0 Å². The molecule has 1 N–H and O–H groups in total. The highest BCUT2D eigenvalue weighted by Crippen LogP contribution is 2.22. The Morgan fingerprint density at radius 2 is 1.87 bits per heavy atom. The van der Waals surface area contributed by atoms with E-state index in [0.717, 1.165) is 0 Å². The highest BCUT2D eigenvalue weighted by Gasteiger charge is 2.22. The molecule has 3 aromatic rings. The number of benzene rings is 1. The number of H-pyrrole nitrogens is 1. The number of rotatable bonds is 7. The Bertz CT molecular complexity index is 1200. The van der Waals surface area contributed by atoms with Gasteiger partial charge in [-0.1, -0.05) is 31.5 Å². The molecular weight excluding hydrogens is 431 g/mol. The monoisotopic (exact) mass is 452 g/mol. The van der Waals surface area contributed by atoms with Crippen molar-refractivity contribution in [1.29, 1.82) is 0 Å². The summed E-state index contributed by atoms with van der Waals surface area (Å²) in [5.74, 6) is -0.259. The maximum Gasteiger partial charge on any atom is 0.276 e. The lowest BCUT2D eigenvalue weighted by molar-refractivity contribution is 0.445. The molecule has 0 aliphatic carbocycles. The average Bonchev–Trinajstić information content (AvgIpc) is 2.99. The van der Waals surface area contributed by atoms with E-state index in [-0.39, 0.29) is 27.7 Å². The van der Waals surface area contributed by atoms with Crippen LogP contribution in [0.3, 0.4) is 0 Å². The first-order chi connectivity index (χ1) is 14.2. The molecule has 0 saturated heterocycles. The topological polar surface area (TPSA) is 88.1 Å². The molecule has 0 atom stereocenters. The normalized spacial score (nSPS) is 11.9. The van der Waals surface area contributed by atoms with Crippen LogP contribution in [-0.4, -0.2) is 40.6 Å². The molecule has 0 bridgehead atoms. The largest absolute Gasteiger partial charge is 0.294 e. The standard InChI is InChI=1S/C20H22ClFN4O3S/c1-4-25(5-2)30(28,29)14-9-10-19(23-12-14)26-20(27)15(13(3)24-26)11-16-17(21)7-6-8-18(16)22/h6-10,12,24H,4-5,11H2,1-3H3. The van der Waals surface area contributed by atoms with Crippen molar-refractivity contribution in [3.63, 3.8) is 0 Å². The molecule has 0 radical (unpaired) electrons. The molecule has 0 aliphatic heterocycles. The van der Waals surface area contributed by atoms with Gasteiger partial charge in [-0.3, -0.25) is 9.89 Å². The Morgan fingerprint density at radius 1 is 1.17 bits per heavy atom. The summed E-state index contributed by atoms with van der Waals surface area (Å²) in [7, 11) is -3.65. The maximum absolute atomic E-state index is 14.1. The predicted octanol–water partition coefficient (Wildman–Crippen LogP) is 3.28. The van der Waals surface area contributed by atoms with Crippen molar-refractivity contribution in [2.24, 2.45) is 0 Å². The van der Waals surface area contributed by atoms with E-state index in [2.05, 4.69) is 10.1 Å². The summed E-state index contributed by atoms with van der Waals surface area (Å²) in [5, 5.41) is 3.15. The SMILES string of the molecule is CCN(CC)S(=O)(=O)c1ccc(-n2[nH]c(C)c(Cc3c(F)cccc3Cl)c2=O)nc1. The minimum absolute atomic E-state index is 0.0219. The van der Waals surface area contributed by atoms with Crippen LogP contribution in [0.15, 0.2) is 46.2 Å². The van der Waals surface area contributed by atoms with Crippen molar-refractivity contribution >= 4 is 21.6 Å². The zero-order chi connectivity index (χ0) is 22.1. The molecule has 3 rings (SSSR count). The molecule has 7 nitrogen and oxygen atoms in total. The Labute approximate surface area is 179 Å². The van der Waals surface area contributed by atoms with Crippen LogP contribution in [0, 0.1) is 12.7 Å². The van der Waals surface area contributed by atoms with E-state index in [0.29, 0.717) is 24.3 Å². The van der Waals surface area contributed by atoms with Crippen molar-refractivity contribution in [3.8, 4) is 5.82 Å². The van der Waals surface area contributed by atoms with Gasteiger partial charge in [0, 0.05) is 47.6 Å². The minimum Gasteiger partial charge on any atom is -0.294 e. The summed E-state index contributed by atoms with van der Waals surface area (Å²) in [5.41, 5.74) is 0.724. The van der Waals surface area contributed by atoms with Crippen LogP contribution >= 0.6 is 11.6 Å². The van der Waals surface area contributed by atoms with E-state index < -0.39 is 21.4 Å². The van der Waals surface area contributed by atoms with Gasteiger partial charge in [-0.2, -0.15) is 4.31 Å². The molecule has 30 heavy (non-hydrogen) atoms. The average molecular weight is 453 g/mol. The first-order valence-corrected chi connectivity index (χ1v) is 11.2. The summed E-state index contributed by atoms with van der Waals surface area (Å²) in [6, 6.07) is 7.22. The van der Waals surface area contributed by atoms with Crippen LogP contribution in [-0.2, 0) is 16.4 Å². The van der Waals surface area contributed by atoms with Gasteiger partial charge < -0.3 is 0 Å². The molecule has 2 heterocycles. The van der Waals surface area contributed by atoms with Gasteiger partial charge in [-0.05, 0) is 31.2 Å². The third-order valence-electron chi connectivity index (χ3n) is 4.90. The fourth-order valence-corrected chi connectivity index (χ4v) is 4.83. The molecule has 2 aromatic heterocycles. The van der Waals surface area contributed by atoms with Crippen LogP contribution in [0.5, 0.6) is 0 Å². The smallest absolute Gasteiger partial charge is 0.276 e. The van der Waals surface area contributed by atoms with Crippen LogP contribution in [0.4, 0.5) is 4.39 Å². The molecule has 0 saturated carbocycles. The lowest BCUT2D eigenvalue weighted by Gasteiger charge is -2.18. The summed E-state index contributed by atoms with van der Waals surface area (Å²) in [4.78, 5) is 17.1. The number of hydrogen-bond donors (Lipinski definition) is 1. The van der Waals surface area contributed by atoms with E-state index in [1.54, 1.807) is 26.8 Å². The van der Waals surface area contributed by atoms with E-state index in [1.165, 1.54) is 39.4 Å². The number of aromatic amines is 1. The van der Waals surface area contributed by atoms with E-state index in [9.17, 15) is 17.6 Å². The number of nitrogens with one attached hydrogen (secondary N) is 1. The van der Waals surface area contributed by atoms with Crippen LogP contribution in [0.2, 0.25) is 5.02 Å². The second kappa shape index (κ2) is 8.71. The van der Waals surface area contributed by atoms with Gasteiger partial charge in [0.1, 0.15) is 10.7 Å². The molecule has 10 heteroatoms. The number of aromatic nitrogens is 3. The fourth-order valence-electron chi connectivity index (χ4n) is 3.20. The Morgan fingerprint density at radius 3 is 2.43 bits per heavy atom. The van der Waals surface area contributed by atoms with Gasteiger partial charge >= 0.3 is 0 Å². The van der Waals surface area contributed by atoms with Crippen molar-refractivity contribution in [2.75, 3.05) is 13.1 Å². The van der Waals surface area contributed by atoms with Crippen molar-refractivity contribution in [1.82, 2.24) is 19.1 Å². The summed E-state index contributed by atoms with van der Waals surface area (Å²) < 4.78 is 41.9. The molecule has 0 amide bonds. The van der Waals surface area contributed by atoms with Gasteiger partial charge in [0.25, 0.3) is 5.56 Å². The highest BCUT2D eigenvalue weighted by molar-refractivity contribution is 7.89. The van der Waals surface area contributed by atoms with Gasteiger partial charge in [-0.15, -0.1) is 0 Å². The molecule has 1 aromatic carbocycles. The molecule has 0 fully saturated rings. The predicted molar refractivity (Wildman–Crippen MR) is 113 cm³/mol. The summed E-state index contributed by atoms with van der Waals surface area (Å²) in [6.07, 6.45) is 1.24. The number of nitrogens with zero attached hydrogens (tertiary/aromatic N) is 3. The number of hydrogen-bond acceptors (Lipinski definition) is 4. The highest BCUT2D eigenvalue weighted by atomic mass is 35.5. The Hall–Kier alpha value is -2.49. The second-order valence-electron chi connectivity index (χ2n) is 6.67. The van der Waals surface area contributed by atoms with Gasteiger partial charge in [0.05, 0.1) is 0 Å². The first-order valence-electron chi connectivity index (χ1n) is 9.40. The quantitative estimate of drug-likeness (QED) is 0.595. The molecule has 0 unspecified atom stereocenters. The fraction of sp³-hybridized carbons (Fsp3) is 0.300. The van der Waals surface area contributed by atoms with Crippen LogP contribution in [0.25, 0.3) is 5.82 Å². The van der Waals surface area contributed by atoms with Crippen LogP contribution < -0.4 is 5.56 Å². The third kappa shape index (κ3) is 4.05. The lowest BCUT2D eigenvalue weighted by Crippen LogP contribution is -2.30. The van der Waals surface area contributed by atoms with E-state index in [4.69, 9.17) is 11.6 Å². The van der Waals surface area contributed by atoms with Gasteiger partial charge in [-0.25, -0.2) is 22.5 Å². The molecule has 0 aliphatic rings. The van der Waals surface area contributed by atoms with Crippen molar-refractivity contribution in [3.05, 3.63) is 74.5 Å². The zero-order valence-electron chi connectivity index (χ0n) is 16.8. The van der Waals surface area contributed by atoms with Gasteiger partial charge in [0.2, 0.25) is 10.0 Å². The van der Waals surface area contributed by atoms with Gasteiger partial charge in [0.15, 0.2) is 5.82 Å². The Kier molecular flexibility index (Phi) is 6.44. The summed E-state index contributed by atoms with van der Waals surface area (Å²) >= 11 is 6.09. The molecule has 160 valence electrons. The van der Waals surface area contributed by atoms with Crippen LogP contribution in [0.1, 0.15) is 30.7 Å². The lowest BCUT2D eigenvalue weighted by atomic mass is 10.1. The van der Waals surface area contributed by atoms with Crippen molar-refractivity contribution in [2.45, 2.75) is 32.1 Å². The van der Waals surface area contributed by atoms with Crippen molar-refractivity contribution < 1.29 is 12.8 Å². The Balaban J connectivity index is 1.97. The second-order valence-corrected chi connectivity index (χ2v) is 9.02. The number of aryl methyl sites for hydroxylation is 1. The maximum atomic E-state index is 14.1. The molecule has 0 spiro atoms. The number of pyridine rings is 1. The third-order valence-corrected chi connectivity index (χ3v) is 7.29.